The third-order valence-corrected chi connectivity index (χ3v) is 0.807. The van der Waals surface area contributed by atoms with Crippen LogP contribution in [-0.2, 0) is 0 Å². The van der Waals surface area contributed by atoms with Gasteiger partial charge in [0.1, 0.15) is 0 Å². The summed E-state index contributed by atoms with van der Waals surface area (Å²) in [5.74, 6) is 0. The van der Waals surface area contributed by atoms with Crippen LogP contribution in [-0.4, -0.2) is 3.67 Å². The van der Waals surface area contributed by atoms with Gasteiger partial charge >= 0.3 is 0 Å². The van der Waals surface area contributed by atoms with E-state index in [1.807, 2.05) is 6.92 Å². The lowest BCUT2D eigenvalue weighted by Crippen LogP contribution is -1.82. The molecule has 1 aliphatic rings. The lowest BCUT2D eigenvalue weighted by atomic mass is 10.7. The average molecular weight is 182 g/mol. The van der Waals surface area contributed by atoms with E-state index in [0.29, 0.717) is 0 Å². The summed E-state index contributed by atoms with van der Waals surface area (Å²) in [5.41, 5.74) is 0. The first-order valence-electron chi connectivity index (χ1n) is 1.34. The Morgan fingerprint density at radius 2 is 1.80 bits per heavy atom. The van der Waals surface area contributed by atoms with Crippen LogP contribution in [0.15, 0.2) is 10.2 Å². The van der Waals surface area contributed by atoms with Crippen molar-refractivity contribution in [2.45, 2.75) is 10.6 Å². The summed E-state index contributed by atoms with van der Waals surface area (Å²) in [6.45, 7) is 1.95. The molecule has 1 heterocycles. The zero-order valence-corrected chi connectivity index (χ0v) is 4.93. The van der Waals surface area contributed by atoms with E-state index >= 15 is 0 Å². The predicted molar refractivity (Wildman–Crippen MR) is 27.3 cm³/mol. The lowest BCUT2D eigenvalue weighted by molar-refractivity contribution is 1.03. The summed E-state index contributed by atoms with van der Waals surface area (Å²) in [4.78, 5) is 0. The fraction of sp³-hybridized carbons (Fsp3) is 1.00. The van der Waals surface area contributed by atoms with Gasteiger partial charge in [-0.05, 0) is 29.5 Å². The molecular formula is C2H3IN2. The molecule has 0 aromatic carbocycles. The topological polar surface area (TPSA) is 24.7 Å². The minimum absolute atomic E-state index is 0.0300. The molecule has 0 unspecified atom stereocenters. The molecule has 1 aliphatic heterocycles. The monoisotopic (exact) mass is 182 g/mol. The fourth-order valence-electron chi connectivity index (χ4n) is 0.0689. The van der Waals surface area contributed by atoms with E-state index in [4.69, 9.17) is 0 Å². The maximum atomic E-state index is 3.65. The van der Waals surface area contributed by atoms with Crippen LogP contribution in [0.1, 0.15) is 6.92 Å². The van der Waals surface area contributed by atoms with Gasteiger partial charge in [0.25, 0.3) is 0 Å². The molecule has 28 valence electrons. The van der Waals surface area contributed by atoms with E-state index in [0.717, 1.165) is 0 Å². The molecule has 0 aliphatic carbocycles. The van der Waals surface area contributed by atoms with Crippen molar-refractivity contribution in [3.05, 3.63) is 0 Å². The van der Waals surface area contributed by atoms with Crippen molar-refractivity contribution in [3.8, 4) is 0 Å². The van der Waals surface area contributed by atoms with E-state index in [9.17, 15) is 0 Å². The number of hydrogen-bond acceptors (Lipinski definition) is 2. The molecule has 0 aromatic rings. The Balaban J connectivity index is 2.47. The van der Waals surface area contributed by atoms with Crippen LogP contribution in [0.4, 0.5) is 0 Å². The summed E-state index contributed by atoms with van der Waals surface area (Å²) in [5, 5.41) is 7.29. The molecule has 0 amide bonds. The second-order valence-corrected chi connectivity index (χ2v) is 3.15. The van der Waals surface area contributed by atoms with Crippen LogP contribution in [0.2, 0.25) is 0 Å². The molecule has 1 rings (SSSR count). The highest BCUT2D eigenvalue weighted by Crippen LogP contribution is 2.33. The Bertz CT molecular complexity index is 67.7. The number of alkyl halides is 1. The molecule has 0 bridgehead atoms. The second kappa shape index (κ2) is 0.692. The predicted octanol–water partition coefficient (Wildman–Crippen LogP) is 1.56. The minimum Gasteiger partial charge on any atom is -0.147 e. The fourth-order valence-corrected chi connectivity index (χ4v) is 0.177. The van der Waals surface area contributed by atoms with Gasteiger partial charge in [0.05, 0.1) is 0 Å². The summed E-state index contributed by atoms with van der Waals surface area (Å²) in [6.07, 6.45) is 0. The van der Waals surface area contributed by atoms with Crippen LogP contribution in [0.5, 0.6) is 0 Å². The largest absolute Gasteiger partial charge is 0.237 e. The van der Waals surface area contributed by atoms with E-state index in [2.05, 4.69) is 32.8 Å². The Morgan fingerprint density at radius 1 is 1.60 bits per heavy atom. The van der Waals surface area contributed by atoms with Gasteiger partial charge in [-0.25, -0.2) is 0 Å². The number of halogens is 1. The van der Waals surface area contributed by atoms with Crippen molar-refractivity contribution in [1.29, 1.82) is 0 Å². The van der Waals surface area contributed by atoms with E-state index in [-0.39, 0.29) is 3.67 Å². The summed E-state index contributed by atoms with van der Waals surface area (Å²) < 4.78 is -0.0300. The van der Waals surface area contributed by atoms with E-state index in [1.165, 1.54) is 0 Å². The van der Waals surface area contributed by atoms with Crippen molar-refractivity contribution in [3.63, 3.8) is 0 Å². The Hall–Kier alpha value is 0.330. The zero-order valence-electron chi connectivity index (χ0n) is 2.77. The summed E-state index contributed by atoms with van der Waals surface area (Å²) >= 11 is 2.16. The molecule has 0 N–H and O–H groups in total. The van der Waals surface area contributed by atoms with Gasteiger partial charge in [-0.3, -0.25) is 0 Å². The maximum absolute atomic E-state index is 3.65. The minimum atomic E-state index is -0.0300. The van der Waals surface area contributed by atoms with Gasteiger partial charge in [0.15, 0.2) is 0 Å². The van der Waals surface area contributed by atoms with Gasteiger partial charge in [0.2, 0.25) is 3.67 Å². The first-order chi connectivity index (χ1) is 2.21. The van der Waals surface area contributed by atoms with Gasteiger partial charge in [-0.2, -0.15) is 0 Å². The molecule has 2 nitrogen and oxygen atoms in total. The smallest absolute Gasteiger partial charge is 0.147 e. The van der Waals surface area contributed by atoms with Crippen molar-refractivity contribution in [2.24, 2.45) is 10.2 Å². The highest BCUT2D eigenvalue weighted by Gasteiger charge is 2.28. The Morgan fingerprint density at radius 3 is 1.80 bits per heavy atom. The van der Waals surface area contributed by atoms with Gasteiger partial charge in [-0.1, -0.05) is 0 Å². The average Bonchev–Trinajstić information content (AvgIpc) is 1.76. The third kappa shape index (κ3) is 0.827. The van der Waals surface area contributed by atoms with Crippen molar-refractivity contribution >= 4 is 22.6 Å². The quantitative estimate of drug-likeness (QED) is 0.308. The first-order valence-corrected chi connectivity index (χ1v) is 2.41. The second-order valence-electron chi connectivity index (χ2n) is 1.11. The van der Waals surface area contributed by atoms with Crippen LogP contribution in [0, 0.1) is 0 Å². The standard InChI is InChI=1S/C2H3IN2/c1-2(3)4-5-2/h1H3. The van der Waals surface area contributed by atoms with Crippen molar-refractivity contribution in [1.82, 2.24) is 0 Å². The molecule has 0 saturated carbocycles. The molecule has 0 fully saturated rings. The molecule has 0 aromatic heterocycles. The van der Waals surface area contributed by atoms with Crippen LogP contribution >= 0.6 is 22.6 Å². The van der Waals surface area contributed by atoms with Crippen LogP contribution in [0.3, 0.4) is 0 Å². The van der Waals surface area contributed by atoms with Crippen molar-refractivity contribution in [2.75, 3.05) is 0 Å². The molecular weight excluding hydrogens is 179 g/mol. The van der Waals surface area contributed by atoms with Gasteiger partial charge in [0, 0.05) is 0 Å². The molecule has 5 heavy (non-hydrogen) atoms. The van der Waals surface area contributed by atoms with Crippen molar-refractivity contribution < 1.29 is 0 Å². The van der Waals surface area contributed by atoms with E-state index in [1.54, 1.807) is 0 Å². The first kappa shape index (κ1) is 3.52. The lowest BCUT2D eigenvalue weighted by Gasteiger charge is -1.76. The molecule has 0 saturated heterocycles. The highest BCUT2D eigenvalue weighted by atomic mass is 127. The molecule has 0 spiro atoms. The number of rotatable bonds is 0. The van der Waals surface area contributed by atoms with Gasteiger partial charge in [-0.15, -0.1) is 10.2 Å². The summed E-state index contributed by atoms with van der Waals surface area (Å²) in [6, 6.07) is 0. The van der Waals surface area contributed by atoms with Crippen LogP contribution in [0.25, 0.3) is 0 Å². The Labute approximate surface area is 43.8 Å². The molecule has 0 atom stereocenters. The normalized spacial score (nSPS) is 26.8. The Kier molecular flexibility index (Phi) is 0.487. The highest BCUT2D eigenvalue weighted by molar-refractivity contribution is 14.1. The third-order valence-electron chi connectivity index (χ3n) is 0.376. The SMILES string of the molecule is CC1(I)N=N1. The van der Waals surface area contributed by atoms with E-state index < -0.39 is 0 Å². The maximum Gasteiger partial charge on any atom is 0.237 e. The number of hydrogen-bond donors (Lipinski definition) is 0. The van der Waals surface area contributed by atoms with Crippen LogP contribution < -0.4 is 0 Å². The zero-order chi connectivity index (χ0) is 3.91. The number of nitrogens with zero attached hydrogens (tertiary/aromatic N) is 2. The summed E-state index contributed by atoms with van der Waals surface area (Å²) in [7, 11) is 0. The molecule has 0 radical (unpaired) electrons. The molecule has 3 heteroatoms. The van der Waals surface area contributed by atoms with Gasteiger partial charge < -0.3 is 0 Å².